The molecule has 0 saturated heterocycles. The van der Waals surface area contributed by atoms with E-state index >= 15 is 0 Å². The number of hydrogen-bond acceptors (Lipinski definition) is 3. The first-order valence-corrected chi connectivity index (χ1v) is 6.42. The quantitative estimate of drug-likeness (QED) is 0.850. The molecule has 5 heteroatoms. The van der Waals surface area contributed by atoms with Gasteiger partial charge in [0.05, 0.1) is 5.56 Å². The Labute approximate surface area is 119 Å². The van der Waals surface area contributed by atoms with Crippen LogP contribution in [0.2, 0.25) is 0 Å². The first-order chi connectivity index (χ1) is 9.06. The van der Waals surface area contributed by atoms with Gasteiger partial charge >= 0.3 is 0 Å². The van der Waals surface area contributed by atoms with Crippen LogP contribution in [0.5, 0.6) is 5.75 Å². The van der Waals surface area contributed by atoms with Gasteiger partial charge in [-0.25, -0.2) is 0 Å². The molecule has 0 spiro atoms. The third kappa shape index (κ3) is 3.48. The number of carbonyl (C=O) groups excluding carboxylic acids is 1. The van der Waals surface area contributed by atoms with Crippen LogP contribution in [0.1, 0.15) is 15.9 Å². The maximum Gasteiger partial charge on any atom is 0.250 e. The Hall–Kier alpha value is -2.01. The Morgan fingerprint density at radius 2 is 2.00 bits per heavy atom. The van der Waals surface area contributed by atoms with Gasteiger partial charge in [-0.15, -0.1) is 0 Å². The van der Waals surface area contributed by atoms with Gasteiger partial charge in [0.1, 0.15) is 12.4 Å². The van der Waals surface area contributed by atoms with E-state index in [4.69, 9.17) is 16.2 Å². The first kappa shape index (κ1) is 13.4. The van der Waals surface area contributed by atoms with Crippen LogP contribution in [0.4, 0.5) is 5.69 Å². The summed E-state index contributed by atoms with van der Waals surface area (Å²) in [5.74, 6) is -0.00613. The van der Waals surface area contributed by atoms with Gasteiger partial charge in [-0.2, -0.15) is 0 Å². The molecule has 0 heterocycles. The molecule has 0 saturated carbocycles. The Morgan fingerprint density at radius 1 is 1.21 bits per heavy atom. The van der Waals surface area contributed by atoms with Crippen LogP contribution in [0.15, 0.2) is 46.9 Å². The van der Waals surface area contributed by atoms with Crippen molar-refractivity contribution >= 4 is 27.5 Å². The molecule has 0 aliphatic heterocycles. The Balaban J connectivity index is 2.12. The lowest BCUT2D eigenvalue weighted by Crippen LogP contribution is -2.13. The monoisotopic (exact) mass is 320 g/mol. The molecule has 1 amide bonds. The van der Waals surface area contributed by atoms with Gasteiger partial charge in [-0.3, -0.25) is 4.79 Å². The van der Waals surface area contributed by atoms with E-state index in [1.807, 2.05) is 24.3 Å². The molecular formula is C14H13BrN2O2. The molecule has 0 atom stereocenters. The van der Waals surface area contributed by atoms with Crippen molar-refractivity contribution in [1.29, 1.82) is 0 Å². The summed E-state index contributed by atoms with van der Waals surface area (Å²) >= 11 is 3.40. The van der Waals surface area contributed by atoms with Gasteiger partial charge in [0, 0.05) is 10.2 Å². The predicted octanol–water partition coefficient (Wildman–Crippen LogP) is 2.71. The van der Waals surface area contributed by atoms with E-state index in [9.17, 15) is 4.79 Å². The van der Waals surface area contributed by atoms with Crippen LogP contribution in [0, 0.1) is 0 Å². The van der Waals surface area contributed by atoms with E-state index in [1.54, 1.807) is 18.2 Å². The second kappa shape index (κ2) is 5.75. The lowest BCUT2D eigenvalue weighted by molar-refractivity contribution is 0.100. The highest BCUT2D eigenvalue weighted by Gasteiger charge is 2.07. The van der Waals surface area contributed by atoms with E-state index in [2.05, 4.69) is 15.9 Å². The highest BCUT2D eigenvalue weighted by molar-refractivity contribution is 9.10. The molecule has 0 bridgehead atoms. The molecule has 0 aliphatic rings. The maximum atomic E-state index is 11.2. The first-order valence-electron chi connectivity index (χ1n) is 5.63. The summed E-state index contributed by atoms with van der Waals surface area (Å²) in [6, 6.07) is 12.7. The van der Waals surface area contributed by atoms with Gasteiger partial charge in [0.15, 0.2) is 0 Å². The van der Waals surface area contributed by atoms with Crippen LogP contribution in [0.3, 0.4) is 0 Å². The average Bonchev–Trinajstić information content (AvgIpc) is 2.37. The number of halogens is 1. The number of benzene rings is 2. The second-order valence-corrected chi connectivity index (χ2v) is 4.95. The van der Waals surface area contributed by atoms with Gasteiger partial charge in [0.25, 0.3) is 5.91 Å². The SMILES string of the molecule is NC(=O)c1cc(OCc2cccc(Br)c2)ccc1N. The number of amides is 1. The zero-order valence-electron chi connectivity index (χ0n) is 10.1. The highest BCUT2D eigenvalue weighted by atomic mass is 79.9. The minimum Gasteiger partial charge on any atom is -0.489 e. The molecule has 0 radical (unpaired) electrons. The topological polar surface area (TPSA) is 78.3 Å². The molecule has 4 nitrogen and oxygen atoms in total. The van der Waals surface area contributed by atoms with E-state index in [0.717, 1.165) is 10.0 Å². The van der Waals surface area contributed by atoms with Crippen LogP contribution >= 0.6 is 15.9 Å². The molecule has 0 aromatic heterocycles. The van der Waals surface area contributed by atoms with Crippen molar-refractivity contribution in [2.24, 2.45) is 5.73 Å². The van der Waals surface area contributed by atoms with E-state index in [1.165, 1.54) is 0 Å². The van der Waals surface area contributed by atoms with Gasteiger partial charge in [0.2, 0.25) is 0 Å². The Kier molecular flexibility index (Phi) is 4.06. The summed E-state index contributed by atoms with van der Waals surface area (Å²) in [5, 5.41) is 0. The third-order valence-electron chi connectivity index (χ3n) is 2.58. The maximum absolute atomic E-state index is 11.2. The second-order valence-electron chi connectivity index (χ2n) is 4.03. The molecule has 2 rings (SSSR count). The third-order valence-corrected chi connectivity index (χ3v) is 3.08. The number of nitrogens with two attached hydrogens (primary N) is 2. The number of rotatable bonds is 4. The van der Waals surface area contributed by atoms with Gasteiger partial charge in [-0.1, -0.05) is 28.1 Å². The molecule has 4 N–H and O–H groups in total. The van der Waals surface area contributed by atoms with Crippen molar-refractivity contribution in [3.63, 3.8) is 0 Å². The Morgan fingerprint density at radius 3 is 2.68 bits per heavy atom. The van der Waals surface area contributed by atoms with Crippen molar-refractivity contribution in [1.82, 2.24) is 0 Å². The fourth-order valence-corrected chi connectivity index (χ4v) is 2.08. The highest BCUT2D eigenvalue weighted by Crippen LogP contribution is 2.21. The largest absolute Gasteiger partial charge is 0.489 e. The molecule has 19 heavy (non-hydrogen) atoms. The summed E-state index contributed by atoms with van der Waals surface area (Å²) in [6.07, 6.45) is 0. The van der Waals surface area contributed by atoms with Crippen LogP contribution in [-0.4, -0.2) is 5.91 Å². The number of carbonyl (C=O) groups is 1. The van der Waals surface area contributed by atoms with Crippen LogP contribution in [-0.2, 0) is 6.61 Å². The number of anilines is 1. The minimum atomic E-state index is -0.564. The van der Waals surface area contributed by atoms with Crippen molar-refractivity contribution < 1.29 is 9.53 Å². The van der Waals surface area contributed by atoms with Gasteiger partial charge < -0.3 is 16.2 Å². The predicted molar refractivity (Wildman–Crippen MR) is 77.8 cm³/mol. The average molecular weight is 321 g/mol. The molecule has 0 aliphatic carbocycles. The molecular weight excluding hydrogens is 308 g/mol. The lowest BCUT2D eigenvalue weighted by atomic mass is 10.1. The molecule has 98 valence electrons. The number of nitrogen functional groups attached to an aromatic ring is 1. The van der Waals surface area contributed by atoms with Crippen molar-refractivity contribution in [2.75, 3.05) is 5.73 Å². The van der Waals surface area contributed by atoms with Crippen molar-refractivity contribution in [2.45, 2.75) is 6.61 Å². The zero-order valence-corrected chi connectivity index (χ0v) is 11.7. The fraction of sp³-hybridized carbons (Fsp3) is 0.0714. The summed E-state index contributed by atoms with van der Waals surface area (Å²) in [7, 11) is 0. The summed E-state index contributed by atoms with van der Waals surface area (Å²) in [6.45, 7) is 0.404. The normalized spacial score (nSPS) is 10.2. The number of hydrogen-bond donors (Lipinski definition) is 2. The molecule has 2 aromatic carbocycles. The lowest BCUT2D eigenvalue weighted by Gasteiger charge is -2.09. The van der Waals surface area contributed by atoms with Crippen LogP contribution < -0.4 is 16.2 Å². The summed E-state index contributed by atoms with van der Waals surface area (Å²) < 4.78 is 6.60. The number of primary amides is 1. The van der Waals surface area contributed by atoms with Crippen LogP contribution in [0.25, 0.3) is 0 Å². The number of ether oxygens (including phenoxy) is 1. The Bertz CT molecular complexity index is 614. The van der Waals surface area contributed by atoms with E-state index < -0.39 is 5.91 Å². The summed E-state index contributed by atoms with van der Waals surface area (Å²) in [5.41, 5.74) is 12.5. The van der Waals surface area contributed by atoms with Gasteiger partial charge in [-0.05, 0) is 35.9 Å². The standard InChI is InChI=1S/C14H13BrN2O2/c15-10-3-1-2-9(6-10)8-19-11-4-5-13(16)12(7-11)14(17)18/h1-7H,8,16H2,(H2,17,18). The summed E-state index contributed by atoms with van der Waals surface area (Å²) in [4.78, 5) is 11.2. The zero-order chi connectivity index (χ0) is 13.8. The van der Waals surface area contributed by atoms with Crippen molar-refractivity contribution in [3.8, 4) is 5.75 Å². The van der Waals surface area contributed by atoms with Crippen molar-refractivity contribution in [3.05, 3.63) is 58.1 Å². The van der Waals surface area contributed by atoms with E-state index in [-0.39, 0.29) is 5.56 Å². The fourth-order valence-electron chi connectivity index (χ4n) is 1.63. The minimum absolute atomic E-state index is 0.270. The smallest absolute Gasteiger partial charge is 0.250 e. The molecule has 0 fully saturated rings. The molecule has 0 unspecified atom stereocenters. The van der Waals surface area contributed by atoms with E-state index in [0.29, 0.717) is 18.0 Å². The molecule has 2 aromatic rings.